The molecule has 6 heteroatoms. The number of methoxy groups -OCH3 is 2. The van der Waals surface area contributed by atoms with Gasteiger partial charge in [0.25, 0.3) is 0 Å². The summed E-state index contributed by atoms with van der Waals surface area (Å²) in [5.74, 6) is -0.388. The summed E-state index contributed by atoms with van der Waals surface area (Å²) in [5.41, 5.74) is 1.31. The third-order valence-corrected chi connectivity index (χ3v) is 3.39. The van der Waals surface area contributed by atoms with E-state index in [4.69, 9.17) is 14.2 Å². The molecule has 2 aromatic rings. The monoisotopic (exact) mass is 356 g/mol. The van der Waals surface area contributed by atoms with Gasteiger partial charge >= 0.3 is 11.9 Å². The van der Waals surface area contributed by atoms with Crippen molar-refractivity contribution in [2.75, 3.05) is 27.4 Å². The second kappa shape index (κ2) is 9.88. The SMILES string of the molecule is COC(=O)COc1cc(C(=O)OCC=Cc2ccccc2)ccc1OC. The summed E-state index contributed by atoms with van der Waals surface area (Å²) in [5, 5.41) is 0. The summed E-state index contributed by atoms with van der Waals surface area (Å²) in [6.45, 7) is -0.150. The molecule has 0 atom stereocenters. The van der Waals surface area contributed by atoms with Crippen LogP contribution < -0.4 is 9.47 Å². The van der Waals surface area contributed by atoms with Gasteiger partial charge in [-0.15, -0.1) is 0 Å². The number of esters is 2. The second-order valence-electron chi connectivity index (χ2n) is 5.14. The minimum absolute atomic E-state index is 0.137. The first-order valence-corrected chi connectivity index (χ1v) is 7.90. The Morgan fingerprint density at radius 1 is 1.00 bits per heavy atom. The number of hydrogen-bond acceptors (Lipinski definition) is 6. The third-order valence-electron chi connectivity index (χ3n) is 3.39. The van der Waals surface area contributed by atoms with Gasteiger partial charge in [-0.3, -0.25) is 0 Å². The molecule has 0 unspecified atom stereocenters. The van der Waals surface area contributed by atoms with Gasteiger partial charge in [0.15, 0.2) is 18.1 Å². The molecule has 0 fully saturated rings. The van der Waals surface area contributed by atoms with Crippen molar-refractivity contribution in [3.63, 3.8) is 0 Å². The average molecular weight is 356 g/mol. The molecule has 0 spiro atoms. The molecule has 0 bridgehead atoms. The molecule has 136 valence electrons. The van der Waals surface area contributed by atoms with Crippen LogP contribution in [0.15, 0.2) is 54.6 Å². The summed E-state index contributed by atoms with van der Waals surface area (Å²) in [6.07, 6.45) is 3.62. The highest BCUT2D eigenvalue weighted by Gasteiger charge is 2.13. The lowest BCUT2D eigenvalue weighted by molar-refractivity contribution is -0.142. The van der Waals surface area contributed by atoms with Crippen LogP contribution in [0.25, 0.3) is 6.08 Å². The molecule has 2 rings (SSSR count). The van der Waals surface area contributed by atoms with Crippen molar-refractivity contribution in [3.05, 3.63) is 65.7 Å². The number of carbonyl (C=O) groups excluding carboxylic acids is 2. The highest BCUT2D eigenvalue weighted by molar-refractivity contribution is 5.90. The zero-order chi connectivity index (χ0) is 18.8. The molecule has 0 saturated carbocycles. The van der Waals surface area contributed by atoms with Crippen molar-refractivity contribution in [1.29, 1.82) is 0 Å². The van der Waals surface area contributed by atoms with Crippen LogP contribution in [0.2, 0.25) is 0 Å². The van der Waals surface area contributed by atoms with Crippen molar-refractivity contribution in [3.8, 4) is 11.5 Å². The summed E-state index contributed by atoms with van der Waals surface area (Å²) in [7, 11) is 2.73. The van der Waals surface area contributed by atoms with Crippen molar-refractivity contribution in [1.82, 2.24) is 0 Å². The summed E-state index contributed by atoms with van der Waals surface area (Å²) in [4.78, 5) is 23.4. The molecule has 26 heavy (non-hydrogen) atoms. The van der Waals surface area contributed by atoms with Crippen molar-refractivity contribution >= 4 is 18.0 Å². The summed E-state index contributed by atoms with van der Waals surface area (Å²) >= 11 is 0. The highest BCUT2D eigenvalue weighted by atomic mass is 16.6. The molecule has 0 radical (unpaired) electrons. The molecule has 0 N–H and O–H groups in total. The fourth-order valence-electron chi connectivity index (χ4n) is 2.07. The molecule has 0 aromatic heterocycles. The van der Waals surface area contributed by atoms with Crippen LogP contribution in [-0.4, -0.2) is 39.4 Å². The lowest BCUT2D eigenvalue weighted by atomic mass is 10.2. The van der Waals surface area contributed by atoms with E-state index in [9.17, 15) is 9.59 Å². The van der Waals surface area contributed by atoms with Gasteiger partial charge in [0.1, 0.15) is 6.61 Å². The van der Waals surface area contributed by atoms with Gasteiger partial charge in [0.05, 0.1) is 19.8 Å². The van der Waals surface area contributed by atoms with Crippen LogP contribution in [0.1, 0.15) is 15.9 Å². The van der Waals surface area contributed by atoms with Crippen LogP contribution in [0.5, 0.6) is 11.5 Å². The molecule has 0 aliphatic rings. The molecule has 0 amide bonds. The molecule has 0 saturated heterocycles. The summed E-state index contributed by atoms with van der Waals surface area (Å²) in [6, 6.07) is 14.3. The van der Waals surface area contributed by atoms with E-state index in [2.05, 4.69) is 4.74 Å². The van der Waals surface area contributed by atoms with Crippen LogP contribution in [0.3, 0.4) is 0 Å². The Morgan fingerprint density at radius 3 is 2.46 bits per heavy atom. The van der Waals surface area contributed by atoms with E-state index in [1.54, 1.807) is 18.2 Å². The smallest absolute Gasteiger partial charge is 0.343 e. The van der Waals surface area contributed by atoms with Crippen LogP contribution in [0, 0.1) is 0 Å². The van der Waals surface area contributed by atoms with E-state index in [1.165, 1.54) is 20.3 Å². The lowest BCUT2D eigenvalue weighted by Gasteiger charge is -2.11. The molecule has 2 aromatic carbocycles. The molecule has 0 aliphatic carbocycles. The van der Waals surface area contributed by atoms with Gasteiger partial charge in [-0.1, -0.05) is 36.4 Å². The van der Waals surface area contributed by atoms with Gasteiger partial charge < -0.3 is 18.9 Å². The topological polar surface area (TPSA) is 71.1 Å². The number of rotatable bonds is 8. The van der Waals surface area contributed by atoms with E-state index in [0.717, 1.165) is 5.56 Å². The quantitative estimate of drug-likeness (QED) is 0.677. The number of carbonyl (C=O) groups is 2. The first-order valence-electron chi connectivity index (χ1n) is 7.90. The normalized spacial score (nSPS) is 10.4. The fourth-order valence-corrected chi connectivity index (χ4v) is 2.07. The van der Waals surface area contributed by atoms with Crippen LogP contribution >= 0.6 is 0 Å². The molecule has 6 nitrogen and oxygen atoms in total. The number of ether oxygens (including phenoxy) is 4. The van der Waals surface area contributed by atoms with E-state index in [-0.39, 0.29) is 19.0 Å². The Kier molecular flexibility index (Phi) is 7.24. The van der Waals surface area contributed by atoms with Gasteiger partial charge in [-0.25, -0.2) is 9.59 Å². The average Bonchev–Trinajstić information content (AvgIpc) is 2.69. The minimum atomic E-state index is -0.536. The van der Waals surface area contributed by atoms with E-state index < -0.39 is 11.9 Å². The lowest BCUT2D eigenvalue weighted by Crippen LogP contribution is -2.13. The van der Waals surface area contributed by atoms with E-state index in [0.29, 0.717) is 11.3 Å². The molecule has 0 heterocycles. The minimum Gasteiger partial charge on any atom is -0.493 e. The Labute approximate surface area is 151 Å². The standard InChI is InChI=1S/C20H20O6/c1-23-17-11-10-16(13-18(17)26-14-19(21)24-2)20(22)25-12-6-9-15-7-4-3-5-8-15/h3-11,13H,12,14H2,1-2H3. The van der Waals surface area contributed by atoms with Gasteiger partial charge in [-0.05, 0) is 29.8 Å². The highest BCUT2D eigenvalue weighted by Crippen LogP contribution is 2.28. The Morgan fingerprint density at radius 2 is 1.77 bits per heavy atom. The zero-order valence-electron chi connectivity index (χ0n) is 14.6. The van der Waals surface area contributed by atoms with Gasteiger partial charge in [-0.2, -0.15) is 0 Å². The predicted octanol–water partition coefficient (Wildman–Crippen LogP) is 3.12. The third kappa shape index (κ3) is 5.66. The van der Waals surface area contributed by atoms with Crippen LogP contribution in [0.4, 0.5) is 0 Å². The second-order valence-corrected chi connectivity index (χ2v) is 5.14. The van der Waals surface area contributed by atoms with Gasteiger partial charge in [0.2, 0.25) is 0 Å². The first kappa shape index (κ1) is 19.1. The molecular formula is C20H20O6. The predicted molar refractivity (Wildman–Crippen MR) is 96.3 cm³/mol. The first-order chi connectivity index (χ1) is 12.6. The fraction of sp³-hybridized carbons (Fsp3) is 0.200. The molecule has 0 aliphatic heterocycles. The van der Waals surface area contributed by atoms with Crippen molar-refractivity contribution in [2.24, 2.45) is 0 Å². The maximum absolute atomic E-state index is 12.2. The van der Waals surface area contributed by atoms with Gasteiger partial charge in [0, 0.05) is 0 Å². The number of benzene rings is 2. The van der Waals surface area contributed by atoms with E-state index in [1.807, 2.05) is 36.4 Å². The maximum atomic E-state index is 12.2. The Bertz CT molecular complexity index is 767. The van der Waals surface area contributed by atoms with E-state index >= 15 is 0 Å². The molecular weight excluding hydrogens is 336 g/mol. The Balaban J connectivity index is 1.97. The van der Waals surface area contributed by atoms with Crippen LogP contribution in [-0.2, 0) is 14.3 Å². The zero-order valence-corrected chi connectivity index (χ0v) is 14.6. The maximum Gasteiger partial charge on any atom is 0.343 e. The Hall–Kier alpha value is -3.28. The largest absolute Gasteiger partial charge is 0.493 e. The van der Waals surface area contributed by atoms with Crippen molar-refractivity contribution < 1.29 is 28.5 Å². The van der Waals surface area contributed by atoms with Crippen molar-refractivity contribution in [2.45, 2.75) is 0 Å². The number of hydrogen-bond donors (Lipinski definition) is 0. The summed E-state index contributed by atoms with van der Waals surface area (Å²) < 4.78 is 20.2.